The van der Waals surface area contributed by atoms with Gasteiger partial charge in [0.1, 0.15) is 23.7 Å². The van der Waals surface area contributed by atoms with Gasteiger partial charge in [0, 0.05) is 24.9 Å². The minimum absolute atomic E-state index is 0. The van der Waals surface area contributed by atoms with Crippen molar-refractivity contribution in [2.24, 2.45) is 51.1 Å². The van der Waals surface area contributed by atoms with E-state index in [-0.39, 0.29) is 64.2 Å². The highest BCUT2D eigenvalue weighted by atomic mass is 35.5. The van der Waals surface area contributed by atoms with E-state index < -0.39 is 47.2 Å². The number of carbonyl (C=O) groups is 5. The first kappa shape index (κ1) is 41.6. The van der Waals surface area contributed by atoms with Gasteiger partial charge < -0.3 is 35.1 Å². The summed E-state index contributed by atoms with van der Waals surface area (Å²) in [6, 6.07) is -2.48. The van der Waals surface area contributed by atoms with Gasteiger partial charge >= 0.3 is 18.0 Å². The Balaban J connectivity index is 0.000000340. The standard InChI is InChI=1S/C20H34N2O5.C15H26N2O3.ClH/c1-18(2,3)14(21-17(25)27-19(4,5)6)15(23)22-10-11-12(20(11,7)8)13(22)16(24)26-9;1-14(2,3)11(16)12(18)17-7-8-9(15(8,4)5)10(17)13(19)20-6;/h11-14H,10H2,1-9H3,(H,21,25);8-11H,7,16H2,1-6H3;1H/t11?,12?,13-,14+;8?,9?,10-,11+;/m00./s1. The SMILES string of the molecule is COC(=O)[C@@H]1C2C(CN1C(=O)[C@@H](N)C(C)(C)C)C2(C)C.COC(=O)[C@@H]1C2C(CN1C(=O)[C@@H](NC(=O)OC(C)(C)C)C(C)(C)C)C2(C)C.Cl. The molecule has 4 fully saturated rings. The molecule has 2 aliphatic carbocycles. The van der Waals surface area contributed by atoms with Crippen LogP contribution in [0.1, 0.15) is 90.0 Å². The van der Waals surface area contributed by atoms with Crippen LogP contribution in [-0.4, -0.2) is 96.7 Å². The lowest BCUT2D eigenvalue weighted by molar-refractivity contribution is -0.154. The Morgan fingerprint density at radius 2 is 1.08 bits per heavy atom. The number of amides is 3. The Bertz CT molecular complexity index is 1260. The van der Waals surface area contributed by atoms with Crippen LogP contribution in [0, 0.1) is 45.3 Å². The number of alkyl carbamates (subject to hydrolysis) is 1. The molecule has 2 heterocycles. The number of nitrogens with zero attached hydrogens (tertiary/aromatic N) is 2. The lowest BCUT2D eigenvalue weighted by Crippen LogP contribution is -2.58. The van der Waals surface area contributed by atoms with Crippen LogP contribution in [0.25, 0.3) is 0 Å². The smallest absolute Gasteiger partial charge is 0.408 e. The van der Waals surface area contributed by atoms with Gasteiger partial charge in [0.25, 0.3) is 0 Å². The van der Waals surface area contributed by atoms with Gasteiger partial charge in [-0.2, -0.15) is 0 Å². The van der Waals surface area contributed by atoms with Crippen LogP contribution < -0.4 is 11.1 Å². The van der Waals surface area contributed by atoms with Crippen LogP contribution in [0.2, 0.25) is 0 Å². The molecule has 0 aromatic carbocycles. The minimum atomic E-state index is -0.805. The van der Waals surface area contributed by atoms with E-state index in [0.717, 1.165) is 0 Å². The van der Waals surface area contributed by atoms with Crippen LogP contribution in [0.3, 0.4) is 0 Å². The Hall–Kier alpha value is -2.60. The monoisotopic (exact) mass is 700 g/mol. The van der Waals surface area contributed by atoms with Crippen LogP contribution in [0.15, 0.2) is 0 Å². The van der Waals surface area contributed by atoms with Gasteiger partial charge in [-0.15, -0.1) is 12.4 Å². The third-order valence-electron chi connectivity index (χ3n) is 10.8. The fourth-order valence-electron chi connectivity index (χ4n) is 7.60. The van der Waals surface area contributed by atoms with Gasteiger partial charge in [0.15, 0.2) is 0 Å². The number of rotatable bonds is 5. The zero-order chi connectivity index (χ0) is 36.4. The predicted molar refractivity (Wildman–Crippen MR) is 184 cm³/mol. The number of halogens is 1. The van der Waals surface area contributed by atoms with E-state index in [1.54, 1.807) is 30.6 Å². The number of methoxy groups -OCH3 is 2. The van der Waals surface area contributed by atoms with Gasteiger partial charge in [-0.3, -0.25) is 9.59 Å². The number of piperidine rings is 2. The Labute approximate surface area is 293 Å². The summed E-state index contributed by atoms with van der Waals surface area (Å²) < 4.78 is 15.2. The van der Waals surface area contributed by atoms with E-state index in [1.807, 2.05) is 41.5 Å². The highest BCUT2D eigenvalue weighted by Crippen LogP contribution is 2.66. The molecule has 276 valence electrons. The summed E-state index contributed by atoms with van der Waals surface area (Å²) in [5.41, 5.74) is 4.67. The maximum atomic E-state index is 13.3. The first-order chi connectivity index (χ1) is 21.1. The quantitative estimate of drug-likeness (QED) is 0.319. The normalized spacial score (nSPS) is 29.0. The van der Waals surface area contributed by atoms with Gasteiger partial charge in [-0.1, -0.05) is 69.2 Å². The summed E-state index contributed by atoms with van der Waals surface area (Å²) in [4.78, 5) is 65.9. The number of ether oxygens (including phenoxy) is 3. The largest absolute Gasteiger partial charge is 0.467 e. The number of nitrogens with one attached hydrogen (secondary N) is 1. The highest BCUT2D eigenvalue weighted by molar-refractivity contribution is 5.92. The topological polar surface area (TPSA) is 158 Å². The van der Waals surface area contributed by atoms with Crippen molar-refractivity contribution in [1.82, 2.24) is 15.1 Å². The van der Waals surface area contributed by atoms with Crippen LogP contribution in [0.5, 0.6) is 0 Å². The number of carbonyl (C=O) groups excluding carboxylic acids is 5. The Morgan fingerprint density at radius 3 is 1.40 bits per heavy atom. The summed E-state index contributed by atoms with van der Waals surface area (Å²) in [6.45, 7) is 26.4. The lowest BCUT2D eigenvalue weighted by atomic mass is 9.85. The molecule has 48 heavy (non-hydrogen) atoms. The van der Waals surface area contributed by atoms with Crippen molar-refractivity contribution in [2.75, 3.05) is 27.3 Å². The second kappa shape index (κ2) is 13.6. The number of hydrogen-bond donors (Lipinski definition) is 2. The molecule has 4 rings (SSSR count). The Morgan fingerprint density at radius 1 is 0.708 bits per heavy atom. The molecule has 2 aliphatic heterocycles. The first-order valence-corrected chi connectivity index (χ1v) is 16.7. The average Bonchev–Trinajstić information content (AvgIpc) is 3.42. The third kappa shape index (κ3) is 8.06. The summed E-state index contributed by atoms with van der Waals surface area (Å²) in [5, 5.41) is 2.71. The lowest BCUT2D eigenvalue weighted by Gasteiger charge is -2.37. The fourth-order valence-corrected chi connectivity index (χ4v) is 7.60. The Kier molecular flexibility index (Phi) is 11.8. The van der Waals surface area contributed by atoms with Crippen LogP contribution >= 0.6 is 12.4 Å². The first-order valence-electron chi connectivity index (χ1n) is 16.7. The summed E-state index contributed by atoms with van der Waals surface area (Å²) in [7, 11) is 2.71. The van der Waals surface area contributed by atoms with Crippen molar-refractivity contribution in [2.45, 2.75) is 120 Å². The molecule has 2 saturated heterocycles. The van der Waals surface area contributed by atoms with E-state index in [4.69, 9.17) is 19.9 Å². The second-order valence-electron chi connectivity index (χ2n) is 18.1. The van der Waals surface area contributed by atoms with E-state index in [9.17, 15) is 24.0 Å². The number of esters is 2. The molecule has 3 N–H and O–H groups in total. The van der Waals surface area contributed by atoms with Crippen molar-refractivity contribution in [1.29, 1.82) is 0 Å². The van der Waals surface area contributed by atoms with Crippen molar-refractivity contribution in [3.63, 3.8) is 0 Å². The van der Waals surface area contributed by atoms with Gasteiger partial charge in [-0.05, 0) is 54.3 Å². The van der Waals surface area contributed by atoms with Crippen molar-refractivity contribution < 1.29 is 38.2 Å². The molecular weight excluding hydrogens is 640 g/mol. The van der Waals surface area contributed by atoms with Crippen molar-refractivity contribution in [3.05, 3.63) is 0 Å². The summed E-state index contributed by atoms with van der Waals surface area (Å²) in [6.07, 6.45) is -0.643. The number of fused-ring (bicyclic) bond motifs is 2. The highest BCUT2D eigenvalue weighted by Gasteiger charge is 2.71. The molecule has 3 amide bonds. The maximum absolute atomic E-state index is 13.3. The molecule has 8 atom stereocenters. The molecule has 2 saturated carbocycles. The van der Waals surface area contributed by atoms with Gasteiger partial charge in [-0.25, -0.2) is 14.4 Å². The maximum Gasteiger partial charge on any atom is 0.408 e. The molecule has 4 aliphatic rings. The molecule has 0 aromatic heterocycles. The van der Waals surface area contributed by atoms with E-state index in [0.29, 0.717) is 19.0 Å². The number of likely N-dealkylation sites (tertiary alicyclic amines) is 2. The van der Waals surface area contributed by atoms with Gasteiger partial charge in [0.2, 0.25) is 11.8 Å². The van der Waals surface area contributed by atoms with Crippen molar-refractivity contribution >= 4 is 42.3 Å². The average molecular weight is 701 g/mol. The molecule has 0 bridgehead atoms. The molecular formula is C35H61ClN4O8. The molecule has 13 heteroatoms. The second-order valence-corrected chi connectivity index (χ2v) is 18.1. The zero-order valence-electron chi connectivity index (χ0n) is 31.7. The zero-order valence-corrected chi connectivity index (χ0v) is 32.5. The minimum Gasteiger partial charge on any atom is -0.467 e. The van der Waals surface area contributed by atoms with Crippen molar-refractivity contribution in [3.8, 4) is 0 Å². The van der Waals surface area contributed by atoms with E-state index in [1.165, 1.54) is 14.2 Å². The van der Waals surface area contributed by atoms with Crippen LogP contribution in [0.4, 0.5) is 4.79 Å². The van der Waals surface area contributed by atoms with Crippen LogP contribution in [-0.2, 0) is 33.4 Å². The third-order valence-corrected chi connectivity index (χ3v) is 10.8. The molecule has 0 spiro atoms. The number of hydrogen-bond acceptors (Lipinski definition) is 9. The fraction of sp³-hybridized carbons (Fsp3) is 0.857. The summed E-state index contributed by atoms with van der Waals surface area (Å²) >= 11 is 0. The van der Waals surface area contributed by atoms with Gasteiger partial charge in [0.05, 0.1) is 20.3 Å². The molecule has 12 nitrogen and oxygen atoms in total. The number of nitrogens with two attached hydrogens (primary N) is 1. The molecule has 0 radical (unpaired) electrons. The molecule has 4 unspecified atom stereocenters. The predicted octanol–water partition coefficient (Wildman–Crippen LogP) is 4.02. The summed E-state index contributed by atoms with van der Waals surface area (Å²) in [5.74, 6) is -0.191. The molecule has 0 aromatic rings. The van der Waals surface area contributed by atoms with E-state index >= 15 is 0 Å². The van der Waals surface area contributed by atoms with E-state index in [2.05, 4.69) is 33.0 Å².